The quantitative estimate of drug-likeness (QED) is 0.780. The standard InChI is InChI=1S/C22H26FN3O3/c1-5-25(13-15-10-11-19(29-4)16(23)12-15)14-20(27)26-18-9-7-6-8-17(18)24-21(28)22(26,2)3/h6-12H,5,13-14H2,1-4H3,(H,24,28)/p+1. The van der Waals surface area contributed by atoms with Gasteiger partial charge in [-0.1, -0.05) is 12.1 Å². The van der Waals surface area contributed by atoms with E-state index < -0.39 is 11.4 Å². The van der Waals surface area contributed by atoms with E-state index in [9.17, 15) is 14.0 Å². The van der Waals surface area contributed by atoms with Crippen LogP contribution in [0.5, 0.6) is 5.75 Å². The Morgan fingerprint density at radius 1 is 1.24 bits per heavy atom. The van der Waals surface area contributed by atoms with E-state index in [0.29, 0.717) is 24.5 Å². The third kappa shape index (κ3) is 4.10. The topological polar surface area (TPSA) is 63.1 Å². The van der Waals surface area contributed by atoms with E-state index in [1.165, 1.54) is 13.2 Å². The smallest absolute Gasteiger partial charge is 0.283 e. The molecule has 7 heteroatoms. The number of methoxy groups -OCH3 is 1. The van der Waals surface area contributed by atoms with Crippen molar-refractivity contribution in [3.05, 3.63) is 53.8 Å². The van der Waals surface area contributed by atoms with E-state index in [2.05, 4.69) is 5.32 Å². The fourth-order valence-corrected chi connectivity index (χ4v) is 3.61. The number of ether oxygens (including phenoxy) is 1. The van der Waals surface area contributed by atoms with Gasteiger partial charge in [0.1, 0.15) is 12.1 Å². The summed E-state index contributed by atoms with van der Waals surface area (Å²) in [5, 5.41) is 2.87. The Balaban J connectivity index is 1.82. The van der Waals surface area contributed by atoms with Crippen molar-refractivity contribution in [1.82, 2.24) is 0 Å². The first-order chi connectivity index (χ1) is 13.8. The summed E-state index contributed by atoms with van der Waals surface area (Å²) in [5.41, 5.74) is 1.09. The Labute approximate surface area is 170 Å². The molecular weight excluding hydrogens is 373 g/mol. The number of nitrogens with one attached hydrogen (secondary N) is 2. The molecule has 0 radical (unpaired) electrons. The number of halogens is 1. The summed E-state index contributed by atoms with van der Waals surface area (Å²) in [7, 11) is 1.43. The molecule has 0 bridgehead atoms. The molecule has 1 heterocycles. The number of fused-ring (bicyclic) bond motifs is 1. The molecule has 0 aromatic heterocycles. The third-order valence-corrected chi connectivity index (χ3v) is 5.33. The molecule has 1 unspecified atom stereocenters. The maximum absolute atomic E-state index is 14.0. The zero-order chi connectivity index (χ0) is 21.2. The van der Waals surface area contributed by atoms with Gasteiger partial charge in [-0.15, -0.1) is 0 Å². The van der Waals surface area contributed by atoms with Crippen molar-refractivity contribution in [1.29, 1.82) is 0 Å². The summed E-state index contributed by atoms with van der Waals surface area (Å²) < 4.78 is 19.0. The average molecular weight is 400 g/mol. The number of benzene rings is 2. The number of carbonyl (C=O) groups excluding carboxylic acids is 2. The van der Waals surface area contributed by atoms with Gasteiger partial charge in [0.2, 0.25) is 5.91 Å². The number of hydrogen-bond donors (Lipinski definition) is 2. The fraction of sp³-hybridized carbons (Fsp3) is 0.364. The van der Waals surface area contributed by atoms with Gasteiger partial charge >= 0.3 is 0 Å². The molecule has 0 spiro atoms. The molecule has 3 rings (SSSR count). The summed E-state index contributed by atoms with van der Waals surface area (Å²) in [6.45, 7) is 6.81. The van der Waals surface area contributed by atoms with Crippen molar-refractivity contribution in [2.75, 3.05) is 30.4 Å². The second-order valence-corrected chi connectivity index (χ2v) is 7.69. The van der Waals surface area contributed by atoms with Crippen LogP contribution in [0.2, 0.25) is 0 Å². The summed E-state index contributed by atoms with van der Waals surface area (Å²) in [6.07, 6.45) is 0. The Kier molecular flexibility index (Phi) is 5.88. The molecule has 2 aromatic rings. The first-order valence-corrected chi connectivity index (χ1v) is 9.67. The predicted octanol–water partition coefficient (Wildman–Crippen LogP) is 2.00. The van der Waals surface area contributed by atoms with Gasteiger partial charge in [0.15, 0.2) is 18.1 Å². The van der Waals surface area contributed by atoms with Crippen LogP contribution in [0.15, 0.2) is 42.5 Å². The lowest BCUT2D eigenvalue weighted by molar-refractivity contribution is -0.904. The van der Waals surface area contributed by atoms with E-state index in [1.54, 1.807) is 36.9 Å². The number of nitrogens with zero attached hydrogens (tertiary/aromatic N) is 1. The average Bonchev–Trinajstić information content (AvgIpc) is 2.68. The van der Waals surface area contributed by atoms with Crippen molar-refractivity contribution >= 4 is 23.2 Å². The van der Waals surface area contributed by atoms with Gasteiger partial charge in [-0.05, 0) is 51.1 Å². The van der Waals surface area contributed by atoms with Crippen LogP contribution in [0, 0.1) is 5.82 Å². The Morgan fingerprint density at radius 3 is 2.62 bits per heavy atom. The Bertz CT molecular complexity index is 929. The number of likely N-dealkylation sites (N-methyl/N-ethyl adjacent to an activating group) is 1. The monoisotopic (exact) mass is 400 g/mol. The molecule has 0 saturated carbocycles. The van der Waals surface area contributed by atoms with E-state index in [-0.39, 0.29) is 24.1 Å². The van der Waals surface area contributed by atoms with Crippen molar-refractivity contribution in [3.63, 3.8) is 0 Å². The van der Waals surface area contributed by atoms with Crippen molar-refractivity contribution in [2.45, 2.75) is 32.9 Å². The van der Waals surface area contributed by atoms with Gasteiger partial charge in [0, 0.05) is 5.56 Å². The minimum absolute atomic E-state index is 0.150. The van der Waals surface area contributed by atoms with Crippen LogP contribution in [-0.4, -0.2) is 37.6 Å². The third-order valence-electron chi connectivity index (χ3n) is 5.33. The van der Waals surface area contributed by atoms with Crippen LogP contribution in [-0.2, 0) is 16.1 Å². The maximum atomic E-state index is 14.0. The highest BCUT2D eigenvalue weighted by molar-refractivity contribution is 6.14. The summed E-state index contributed by atoms with van der Waals surface area (Å²) in [5.74, 6) is -0.599. The van der Waals surface area contributed by atoms with Crippen LogP contribution in [0.3, 0.4) is 0 Å². The van der Waals surface area contributed by atoms with Gasteiger partial charge in [0.25, 0.3) is 5.91 Å². The Hall–Kier alpha value is -2.93. The lowest BCUT2D eigenvalue weighted by atomic mass is 9.96. The summed E-state index contributed by atoms with van der Waals surface area (Å²) >= 11 is 0. The first kappa shape index (κ1) is 20.8. The lowest BCUT2D eigenvalue weighted by Crippen LogP contribution is -3.11. The second kappa shape index (κ2) is 8.21. The molecule has 0 saturated heterocycles. The van der Waals surface area contributed by atoms with Gasteiger partial charge in [-0.2, -0.15) is 0 Å². The Morgan fingerprint density at radius 2 is 1.97 bits per heavy atom. The normalized spacial score (nSPS) is 16.0. The van der Waals surface area contributed by atoms with Gasteiger partial charge in [0.05, 0.1) is 25.0 Å². The highest BCUT2D eigenvalue weighted by atomic mass is 19.1. The maximum Gasteiger partial charge on any atom is 0.283 e. The molecule has 0 fully saturated rings. The van der Waals surface area contributed by atoms with E-state index >= 15 is 0 Å². The molecule has 0 aliphatic carbocycles. The number of quaternary nitrogens is 1. The zero-order valence-electron chi connectivity index (χ0n) is 17.2. The molecule has 154 valence electrons. The van der Waals surface area contributed by atoms with Crippen LogP contribution < -0.4 is 19.9 Å². The van der Waals surface area contributed by atoms with Gasteiger partial charge in [-0.3, -0.25) is 14.5 Å². The highest BCUT2D eigenvalue weighted by Crippen LogP contribution is 2.36. The van der Waals surface area contributed by atoms with Crippen molar-refractivity contribution in [2.24, 2.45) is 0 Å². The fourth-order valence-electron chi connectivity index (χ4n) is 3.61. The molecular formula is C22H27FN3O3+. The largest absolute Gasteiger partial charge is 0.494 e. The lowest BCUT2D eigenvalue weighted by Gasteiger charge is -2.42. The van der Waals surface area contributed by atoms with Crippen molar-refractivity contribution in [3.8, 4) is 5.75 Å². The molecule has 2 amide bonds. The van der Waals surface area contributed by atoms with Crippen LogP contribution in [0.4, 0.5) is 15.8 Å². The van der Waals surface area contributed by atoms with Crippen LogP contribution in [0.25, 0.3) is 0 Å². The highest BCUT2D eigenvalue weighted by Gasteiger charge is 2.44. The zero-order valence-corrected chi connectivity index (χ0v) is 17.2. The number of hydrogen-bond acceptors (Lipinski definition) is 3. The van der Waals surface area contributed by atoms with Crippen LogP contribution >= 0.6 is 0 Å². The summed E-state index contributed by atoms with van der Waals surface area (Å²) in [4.78, 5) is 28.4. The predicted molar refractivity (Wildman–Crippen MR) is 110 cm³/mol. The van der Waals surface area contributed by atoms with Gasteiger partial charge < -0.3 is 15.0 Å². The van der Waals surface area contributed by atoms with Gasteiger partial charge in [-0.25, -0.2) is 4.39 Å². The number of anilines is 2. The minimum Gasteiger partial charge on any atom is -0.494 e. The van der Waals surface area contributed by atoms with E-state index in [4.69, 9.17) is 4.74 Å². The SMILES string of the molecule is CC[NH+](CC(=O)N1c2ccccc2NC(=O)C1(C)C)Cc1ccc(OC)c(F)c1. The number of para-hydroxylation sites is 2. The van der Waals surface area contributed by atoms with E-state index in [0.717, 1.165) is 10.5 Å². The molecule has 1 atom stereocenters. The molecule has 6 nitrogen and oxygen atoms in total. The molecule has 1 aliphatic heterocycles. The second-order valence-electron chi connectivity index (χ2n) is 7.69. The van der Waals surface area contributed by atoms with E-state index in [1.807, 2.05) is 25.1 Å². The molecule has 2 aromatic carbocycles. The number of carbonyl (C=O) groups is 2. The molecule has 2 N–H and O–H groups in total. The van der Waals surface area contributed by atoms with Crippen molar-refractivity contribution < 1.29 is 23.6 Å². The first-order valence-electron chi connectivity index (χ1n) is 9.67. The molecule has 1 aliphatic rings. The minimum atomic E-state index is -1.00. The van der Waals surface area contributed by atoms with Crippen LogP contribution in [0.1, 0.15) is 26.3 Å². The summed E-state index contributed by atoms with van der Waals surface area (Å²) in [6, 6.07) is 12.1. The number of amides is 2. The number of rotatable bonds is 6. The molecule has 29 heavy (non-hydrogen) atoms.